The molecule has 63 heavy (non-hydrogen) atoms. The number of carbonyl (C=O) groups excluding carboxylic acids is 6. The van der Waals surface area contributed by atoms with E-state index in [0.29, 0.717) is 18.4 Å². The van der Waals surface area contributed by atoms with E-state index in [2.05, 4.69) is 16.0 Å². The Hall–Kier alpha value is -6.93. The van der Waals surface area contributed by atoms with Crippen molar-refractivity contribution in [2.24, 2.45) is 17.2 Å². The number of phenols is 1. The normalized spacial score (nSPS) is 14.1. The second kappa shape index (κ2) is 27.8. The van der Waals surface area contributed by atoms with Gasteiger partial charge in [-0.15, -0.1) is 0 Å². The fourth-order valence-electron chi connectivity index (χ4n) is 5.67. The van der Waals surface area contributed by atoms with Crippen molar-refractivity contribution in [1.29, 1.82) is 0 Å². The van der Waals surface area contributed by atoms with Gasteiger partial charge in [-0.3, -0.25) is 47.9 Å². The van der Waals surface area contributed by atoms with E-state index in [1.54, 1.807) is 0 Å². The molecule has 7 atom stereocenters. The van der Waals surface area contributed by atoms with Crippen LogP contribution in [-0.4, -0.2) is 151 Å². The van der Waals surface area contributed by atoms with Gasteiger partial charge in [0.25, 0.3) is 0 Å². The molecule has 6 amide bonds. The summed E-state index contributed by atoms with van der Waals surface area (Å²) in [6.45, 7) is 0.389. The number of hydrogen-bond donors (Lipinski definition) is 15. The highest BCUT2D eigenvalue weighted by Gasteiger charge is 2.36. The van der Waals surface area contributed by atoms with Gasteiger partial charge in [-0.25, -0.2) is 4.79 Å². The lowest BCUT2D eigenvalue weighted by Crippen LogP contribution is -2.60. The van der Waals surface area contributed by atoms with Crippen molar-refractivity contribution in [2.75, 3.05) is 13.1 Å². The Bertz CT molecular complexity index is 1800. The Morgan fingerprint density at radius 2 is 0.746 bits per heavy atom. The molecule has 0 bridgehead atoms. The van der Waals surface area contributed by atoms with Crippen LogP contribution in [-0.2, 0) is 59.2 Å². The molecule has 7 unspecified atom stereocenters. The standard InChI is InChI=1S/C37H55N9O17/c38-11-3-1-5-21(41-31(56)20(40)13-18-7-9-19(47)10-8-18)32(57)43-24(15-28(50)51)34(59)45-26(17-30(54)55)36(61)46-25(16-29(52)53)35(60)44-23(14-27(48)49)33(58)42-22(37(62)63)6-2-4-12-39/h7-10,20-26,47H,1-6,11-17,38-40H2,(H,41,56)(H,42,58)(H,43,57)(H,44,60)(H,45,59)(H,46,61)(H,48,49)(H,50,51)(H,52,53)(H,54,55)(H,62,63). The van der Waals surface area contributed by atoms with Crippen molar-refractivity contribution >= 4 is 65.3 Å². The summed E-state index contributed by atoms with van der Waals surface area (Å²) in [5.41, 5.74) is 17.5. The second-order valence-corrected chi connectivity index (χ2v) is 14.1. The van der Waals surface area contributed by atoms with E-state index in [1.165, 1.54) is 24.3 Å². The van der Waals surface area contributed by atoms with Crippen LogP contribution in [0.1, 0.15) is 69.8 Å². The maximum Gasteiger partial charge on any atom is 0.326 e. The second-order valence-electron chi connectivity index (χ2n) is 14.1. The molecule has 350 valence electrons. The van der Waals surface area contributed by atoms with Crippen molar-refractivity contribution in [1.82, 2.24) is 31.9 Å². The molecule has 0 fully saturated rings. The number of unbranched alkanes of at least 4 members (excludes halogenated alkanes) is 2. The number of aliphatic carboxylic acids is 5. The topological polar surface area (TPSA) is 459 Å². The summed E-state index contributed by atoms with van der Waals surface area (Å²) in [6, 6.07) is -6.93. The highest BCUT2D eigenvalue weighted by atomic mass is 16.4. The van der Waals surface area contributed by atoms with E-state index < -0.39 is 133 Å². The van der Waals surface area contributed by atoms with Crippen LogP contribution in [0.3, 0.4) is 0 Å². The maximum absolute atomic E-state index is 13.5. The van der Waals surface area contributed by atoms with Crippen LogP contribution in [0, 0.1) is 0 Å². The molecular formula is C37H55N9O17. The van der Waals surface area contributed by atoms with E-state index in [0.717, 1.165) is 0 Å². The predicted molar refractivity (Wildman–Crippen MR) is 214 cm³/mol. The van der Waals surface area contributed by atoms with Gasteiger partial charge in [-0.1, -0.05) is 12.1 Å². The summed E-state index contributed by atoms with van der Waals surface area (Å²) >= 11 is 0. The monoisotopic (exact) mass is 897 g/mol. The summed E-state index contributed by atoms with van der Waals surface area (Å²) < 4.78 is 0. The summed E-state index contributed by atoms with van der Waals surface area (Å²) in [5.74, 6) is -16.1. The van der Waals surface area contributed by atoms with E-state index in [4.69, 9.17) is 17.2 Å². The molecule has 0 heterocycles. The fourth-order valence-corrected chi connectivity index (χ4v) is 5.67. The minimum absolute atomic E-state index is 0.0310. The molecule has 0 aliphatic carbocycles. The molecular weight excluding hydrogens is 842 g/mol. The summed E-state index contributed by atoms with van der Waals surface area (Å²) in [5, 5.41) is 69.3. The van der Waals surface area contributed by atoms with E-state index in [-0.39, 0.29) is 50.9 Å². The SMILES string of the molecule is NCCCCC(NC(=O)C(CC(=O)O)NC(=O)C(CC(=O)O)NC(=O)C(CC(=O)O)NC(=O)C(CC(=O)O)NC(=O)C(CCCCN)NC(=O)C(N)Cc1ccc(O)cc1)C(=O)O. The van der Waals surface area contributed by atoms with Crippen LogP contribution >= 0.6 is 0 Å². The first kappa shape index (κ1) is 54.1. The molecule has 0 spiro atoms. The first-order valence-corrected chi connectivity index (χ1v) is 19.4. The molecule has 1 aromatic rings. The largest absolute Gasteiger partial charge is 0.508 e. The number of rotatable bonds is 31. The van der Waals surface area contributed by atoms with Gasteiger partial charge in [-0.2, -0.15) is 0 Å². The van der Waals surface area contributed by atoms with Crippen molar-refractivity contribution in [3.8, 4) is 5.75 Å². The maximum atomic E-state index is 13.5. The number of carboxylic acids is 5. The van der Waals surface area contributed by atoms with Crippen LogP contribution in [0.15, 0.2) is 24.3 Å². The summed E-state index contributed by atoms with van der Waals surface area (Å²) in [4.78, 5) is 138. The van der Waals surface area contributed by atoms with Gasteiger partial charge in [0.2, 0.25) is 35.4 Å². The number of benzene rings is 1. The first-order valence-electron chi connectivity index (χ1n) is 19.4. The highest BCUT2D eigenvalue weighted by Crippen LogP contribution is 2.12. The van der Waals surface area contributed by atoms with Crippen LogP contribution in [0.25, 0.3) is 0 Å². The van der Waals surface area contributed by atoms with Gasteiger partial charge in [0, 0.05) is 0 Å². The Kier molecular flexibility index (Phi) is 23.9. The van der Waals surface area contributed by atoms with E-state index in [9.17, 15) is 83.4 Å². The lowest BCUT2D eigenvalue weighted by Gasteiger charge is -2.26. The zero-order valence-corrected chi connectivity index (χ0v) is 33.9. The van der Waals surface area contributed by atoms with Gasteiger partial charge in [-0.05, 0) is 75.7 Å². The molecule has 1 aromatic carbocycles. The van der Waals surface area contributed by atoms with Gasteiger partial charge in [0.1, 0.15) is 42.0 Å². The van der Waals surface area contributed by atoms with Crippen molar-refractivity contribution in [3.05, 3.63) is 29.8 Å². The molecule has 0 aromatic heterocycles. The molecule has 0 radical (unpaired) electrons. The number of nitrogens with two attached hydrogens (primary N) is 3. The minimum atomic E-state index is -2.20. The molecule has 18 N–H and O–H groups in total. The lowest BCUT2D eigenvalue weighted by molar-refractivity contribution is -0.145. The minimum Gasteiger partial charge on any atom is -0.508 e. The highest BCUT2D eigenvalue weighted by molar-refractivity contribution is 6.00. The van der Waals surface area contributed by atoms with Crippen LogP contribution in [0.5, 0.6) is 5.75 Å². The summed E-state index contributed by atoms with van der Waals surface area (Å²) in [6.07, 6.45) is -3.86. The third-order valence-corrected chi connectivity index (χ3v) is 8.92. The van der Waals surface area contributed by atoms with E-state index >= 15 is 0 Å². The number of nitrogens with one attached hydrogen (secondary N) is 6. The molecule has 26 heteroatoms. The predicted octanol–water partition coefficient (Wildman–Crippen LogP) is -4.59. The zero-order chi connectivity index (χ0) is 47.8. The molecule has 0 aliphatic heterocycles. The number of hydrogen-bond acceptors (Lipinski definition) is 15. The van der Waals surface area contributed by atoms with Gasteiger partial charge < -0.3 is 79.7 Å². The first-order chi connectivity index (χ1) is 29.6. The summed E-state index contributed by atoms with van der Waals surface area (Å²) in [7, 11) is 0. The molecule has 0 saturated carbocycles. The Morgan fingerprint density at radius 1 is 0.444 bits per heavy atom. The molecule has 0 saturated heterocycles. The van der Waals surface area contributed by atoms with Gasteiger partial charge in [0.15, 0.2) is 0 Å². The number of aromatic hydroxyl groups is 1. The number of phenolic OH excluding ortho intramolecular Hbond substituents is 1. The Balaban J connectivity index is 3.32. The average molecular weight is 898 g/mol. The van der Waals surface area contributed by atoms with Crippen LogP contribution in [0.2, 0.25) is 0 Å². The lowest BCUT2D eigenvalue weighted by atomic mass is 10.0. The Morgan fingerprint density at radius 3 is 1.06 bits per heavy atom. The smallest absolute Gasteiger partial charge is 0.326 e. The van der Waals surface area contributed by atoms with Crippen molar-refractivity contribution < 1.29 is 83.4 Å². The average Bonchev–Trinajstić information content (AvgIpc) is 3.18. The third kappa shape index (κ3) is 21.4. The third-order valence-electron chi connectivity index (χ3n) is 8.92. The van der Waals surface area contributed by atoms with Gasteiger partial charge >= 0.3 is 29.8 Å². The number of carboxylic acid groups (broad SMARTS) is 5. The molecule has 0 aliphatic rings. The number of carbonyl (C=O) groups is 11. The Labute approximate surface area is 359 Å². The van der Waals surface area contributed by atoms with Crippen LogP contribution in [0.4, 0.5) is 0 Å². The van der Waals surface area contributed by atoms with Crippen LogP contribution < -0.4 is 49.1 Å². The quantitative estimate of drug-likeness (QED) is 0.0312. The van der Waals surface area contributed by atoms with Gasteiger partial charge in [0.05, 0.1) is 31.7 Å². The molecule has 26 nitrogen and oxygen atoms in total. The number of amides is 6. The zero-order valence-electron chi connectivity index (χ0n) is 33.9. The van der Waals surface area contributed by atoms with E-state index in [1.807, 2.05) is 16.0 Å². The molecule has 1 rings (SSSR count). The van der Waals surface area contributed by atoms with Crippen molar-refractivity contribution in [3.63, 3.8) is 0 Å². The van der Waals surface area contributed by atoms with Crippen molar-refractivity contribution in [2.45, 2.75) is 113 Å². The fraction of sp³-hybridized carbons (Fsp3) is 0.541.